The number of benzene rings is 1. The number of hydrogen-bond acceptors (Lipinski definition) is 6. The molecule has 2 heterocycles. The van der Waals surface area contributed by atoms with Crippen molar-refractivity contribution in [2.75, 3.05) is 0 Å². The number of imidazole rings is 1. The van der Waals surface area contributed by atoms with Gasteiger partial charge in [0.1, 0.15) is 11.8 Å². The third-order valence-electron chi connectivity index (χ3n) is 5.50. The van der Waals surface area contributed by atoms with Gasteiger partial charge in [-0.05, 0) is 24.1 Å². The van der Waals surface area contributed by atoms with Gasteiger partial charge in [0.25, 0.3) is 0 Å². The Hall–Kier alpha value is -2.26. The predicted molar refractivity (Wildman–Crippen MR) is 103 cm³/mol. The fourth-order valence-corrected chi connectivity index (χ4v) is 4.17. The molecule has 8 nitrogen and oxygen atoms in total. The number of nitrogens with two attached hydrogens (primary N) is 2. The van der Waals surface area contributed by atoms with E-state index in [4.69, 9.17) is 23.2 Å². The van der Waals surface area contributed by atoms with Crippen LogP contribution in [0, 0.1) is 5.92 Å². The molecule has 9 heteroatoms. The van der Waals surface area contributed by atoms with Crippen molar-refractivity contribution in [2.45, 2.75) is 37.1 Å². The van der Waals surface area contributed by atoms with Crippen LogP contribution in [0.2, 0.25) is 5.02 Å². The second-order valence-corrected chi connectivity index (χ2v) is 7.38. The third-order valence-corrected chi connectivity index (χ3v) is 5.75. The van der Waals surface area contributed by atoms with Crippen LogP contribution in [0.1, 0.15) is 35.5 Å². The van der Waals surface area contributed by atoms with E-state index >= 15 is 0 Å². The Kier molecular flexibility index (Phi) is 4.73. The lowest BCUT2D eigenvalue weighted by atomic mass is 9.90. The van der Waals surface area contributed by atoms with Crippen LogP contribution in [0.25, 0.3) is 0 Å². The Morgan fingerprint density at radius 2 is 1.96 bits per heavy atom. The lowest BCUT2D eigenvalue weighted by Gasteiger charge is -2.23. The molecule has 0 amide bonds. The lowest BCUT2D eigenvalue weighted by Crippen LogP contribution is -2.34. The van der Waals surface area contributed by atoms with Gasteiger partial charge < -0.3 is 26.4 Å². The number of nitrogens with zero attached hydrogens (tertiary/aromatic N) is 4. The van der Waals surface area contributed by atoms with E-state index < -0.39 is 18.2 Å². The van der Waals surface area contributed by atoms with Crippen molar-refractivity contribution in [2.24, 2.45) is 27.6 Å². The van der Waals surface area contributed by atoms with Gasteiger partial charge >= 0.3 is 0 Å². The highest BCUT2D eigenvalue weighted by molar-refractivity contribution is 6.30. The highest BCUT2D eigenvalue weighted by atomic mass is 35.5. The molecule has 142 valence electrons. The SMILES string of the molecule is N/N=C1/N=CCc2c1ncn2[C@@H]1C[C@H]([C@H](N)c2ccc(Cl)cc2)[C@@H](O)[C@H]1O. The van der Waals surface area contributed by atoms with Crippen LogP contribution < -0.4 is 11.6 Å². The van der Waals surface area contributed by atoms with Gasteiger partial charge in [-0.25, -0.2) is 9.98 Å². The lowest BCUT2D eigenvalue weighted by molar-refractivity contribution is 0.00149. The minimum atomic E-state index is -0.955. The summed E-state index contributed by atoms with van der Waals surface area (Å²) in [5, 5.41) is 25.6. The largest absolute Gasteiger partial charge is 0.390 e. The van der Waals surface area contributed by atoms with Crippen LogP contribution in [-0.4, -0.2) is 44.0 Å². The van der Waals surface area contributed by atoms with Crippen LogP contribution in [0.4, 0.5) is 0 Å². The minimum absolute atomic E-state index is 0.302. The highest BCUT2D eigenvalue weighted by Crippen LogP contribution is 2.42. The summed E-state index contributed by atoms with van der Waals surface area (Å²) in [6.07, 6.45) is 2.52. The van der Waals surface area contributed by atoms with Gasteiger partial charge in [-0.15, -0.1) is 0 Å². The van der Waals surface area contributed by atoms with Gasteiger partial charge in [-0.3, -0.25) is 0 Å². The Morgan fingerprint density at radius 1 is 1.22 bits per heavy atom. The maximum absolute atomic E-state index is 10.7. The highest BCUT2D eigenvalue weighted by Gasteiger charge is 2.46. The first-order valence-corrected chi connectivity index (χ1v) is 9.12. The first kappa shape index (κ1) is 18.1. The second-order valence-electron chi connectivity index (χ2n) is 6.94. The molecule has 1 aliphatic heterocycles. The zero-order chi connectivity index (χ0) is 19.1. The molecule has 0 saturated heterocycles. The monoisotopic (exact) mass is 388 g/mol. The van der Waals surface area contributed by atoms with E-state index in [1.54, 1.807) is 24.7 Å². The number of aliphatic hydroxyl groups is 2. The number of aromatic nitrogens is 2. The summed E-state index contributed by atoms with van der Waals surface area (Å²) >= 11 is 5.94. The normalized spacial score (nSPS) is 29.9. The molecular weight excluding hydrogens is 368 g/mol. The molecule has 0 spiro atoms. The van der Waals surface area contributed by atoms with Gasteiger partial charge in [0.05, 0.1) is 24.2 Å². The molecule has 2 aromatic rings. The average molecular weight is 389 g/mol. The molecule has 5 atom stereocenters. The third kappa shape index (κ3) is 3.04. The number of hydrazone groups is 1. The van der Waals surface area contributed by atoms with Crippen molar-refractivity contribution in [3.63, 3.8) is 0 Å². The minimum Gasteiger partial charge on any atom is -0.390 e. The topological polar surface area (TPSA) is 135 Å². The van der Waals surface area contributed by atoms with Crippen molar-refractivity contribution >= 4 is 23.7 Å². The Labute approximate surface area is 161 Å². The molecule has 0 radical (unpaired) electrons. The number of fused-ring (bicyclic) bond motifs is 1. The summed E-state index contributed by atoms with van der Waals surface area (Å²) in [6.45, 7) is 0. The van der Waals surface area contributed by atoms with E-state index in [-0.39, 0.29) is 12.0 Å². The van der Waals surface area contributed by atoms with Crippen LogP contribution >= 0.6 is 11.6 Å². The van der Waals surface area contributed by atoms with Crippen molar-refractivity contribution in [3.8, 4) is 0 Å². The van der Waals surface area contributed by atoms with E-state index in [1.165, 1.54) is 0 Å². The predicted octanol–water partition coefficient (Wildman–Crippen LogP) is 0.767. The van der Waals surface area contributed by atoms with Gasteiger partial charge in [0, 0.05) is 29.6 Å². The maximum atomic E-state index is 10.7. The number of amidine groups is 1. The zero-order valence-corrected chi connectivity index (χ0v) is 15.2. The number of halogens is 1. The molecule has 27 heavy (non-hydrogen) atoms. The van der Waals surface area contributed by atoms with E-state index in [0.717, 1.165) is 11.3 Å². The van der Waals surface area contributed by atoms with Crippen molar-refractivity contribution < 1.29 is 10.2 Å². The van der Waals surface area contributed by atoms with Crippen molar-refractivity contribution in [3.05, 3.63) is 52.6 Å². The summed E-state index contributed by atoms with van der Waals surface area (Å²) in [5.74, 6) is 5.43. The molecule has 2 aliphatic rings. The van der Waals surface area contributed by atoms with Gasteiger partial charge in [0.15, 0.2) is 5.84 Å². The smallest absolute Gasteiger partial charge is 0.198 e. The first-order chi connectivity index (χ1) is 13.0. The fraction of sp³-hybridized carbons (Fsp3) is 0.389. The van der Waals surface area contributed by atoms with Crippen LogP contribution in [0.15, 0.2) is 40.7 Å². The summed E-state index contributed by atoms with van der Waals surface area (Å²) in [7, 11) is 0. The summed E-state index contributed by atoms with van der Waals surface area (Å²) in [6, 6.07) is 6.47. The summed E-state index contributed by atoms with van der Waals surface area (Å²) in [4.78, 5) is 8.49. The molecule has 0 unspecified atom stereocenters. The number of hydrogen-bond donors (Lipinski definition) is 4. The first-order valence-electron chi connectivity index (χ1n) is 8.75. The van der Waals surface area contributed by atoms with E-state index in [0.29, 0.717) is 29.4 Å². The quantitative estimate of drug-likeness (QED) is 0.455. The Balaban J connectivity index is 1.62. The van der Waals surface area contributed by atoms with E-state index in [1.807, 2.05) is 16.7 Å². The number of aliphatic imine (C=N–C) groups is 1. The molecule has 1 aromatic carbocycles. The van der Waals surface area contributed by atoms with Crippen LogP contribution in [0.3, 0.4) is 0 Å². The molecule has 0 bridgehead atoms. The molecular formula is C18H21ClN6O2. The van der Waals surface area contributed by atoms with Gasteiger partial charge in [0.2, 0.25) is 0 Å². The molecule has 1 fully saturated rings. The standard InChI is InChI=1S/C18H21ClN6O2/c19-10-3-1-9(2-4-10)14(20)11-7-13(17(27)16(11)26)25-8-23-15-12(25)5-6-22-18(15)24-21/h1-4,6,8,11,13-14,16-17,26-27H,5,7,20-21H2/b24-18+/t11-,13-,14-,16-,17+/m1/s1. The van der Waals surface area contributed by atoms with Crippen molar-refractivity contribution in [1.29, 1.82) is 0 Å². The van der Waals surface area contributed by atoms with Crippen LogP contribution in [-0.2, 0) is 6.42 Å². The fourth-order valence-electron chi connectivity index (χ4n) is 4.04. The Bertz CT molecular complexity index is 894. The summed E-state index contributed by atoms with van der Waals surface area (Å²) < 4.78 is 1.88. The van der Waals surface area contributed by atoms with E-state index in [2.05, 4.69) is 15.1 Å². The van der Waals surface area contributed by atoms with Crippen molar-refractivity contribution in [1.82, 2.24) is 9.55 Å². The zero-order valence-electron chi connectivity index (χ0n) is 14.5. The van der Waals surface area contributed by atoms with Gasteiger partial charge in [-0.2, -0.15) is 5.10 Å². The Morgan fingerprint density at radius 3 is 2.67 bits per heavy atom. The average Bonchev–Trinajstić information content (AvgIpc) is 3.23. The number of aliphatic hydroxyl groups excluding tert-OH is 2. The summed E-state index contributed by atoms with van der Waals surface area (Å²) in [5.41, 5.74) is 8.74. The molecule has 1 aliphatic carbocycles. The second kappa shape index (κ2) is 7.05. The molecule has 6 N–H and O–H groups in total. The molecule has 1 saturated carbocycles. The van der Waals surface area contributed by atoms with E-state index in [9.17, 15) is 10.2 Å². The number of rotatable bonds is 3. The van der Waals surface area contributed by atoms with Gasteiger partial charge in [-0.1, -0.05) is 23.7 Å². The molecule has 4 rings (SSSR count). The van der Waals surface area contributed by atoms with Crippen LogP contribution in [0.5, 0.6) is 0 Å². The maximum Gasteiger partial charge on any atom is 0.198 e. The molecule has 1 aromatic heterocycles.